The molecular weight excluding hydrogens is 240 g/mol. The number of H-pyrrole nitrogens is 1. The van der Waals surface area contributed by atoms with E-state index in [-0.39, 0.29) is 6.04 Å². The van der Waals surface area contributed by atoms with Crippen molar-refractivity contribution in [3.63, 3.8) is 0 Å². The summed E-state index contributed by atoms with van der Waals surface area (Å²) in [6.07, 6.45) is 3.68. The number of hydrogen-bond acceptors (Lipinski definition) is 5. The number of fused-ring (bicyclic) bond motifs is 1. The van der Waals surface area contributed by atoms with Crippen LogP contribution in [0.4, 0.5) is 0 Å². The van der Waals surface area contributed by atoms with Gasteiger partial charge in [-0.15, -0.1) is 10.2 Å². The molecule has 19 heavy (non-hydrogen) atoms. The van der Waals surface area contributed by atoms with Gasteiger partial charge in [-0.25, -0.2) is 0 Å². The first-order valence-corrected chi connectivity index (χ1v) is 6.12. The van der Waals surface area contributed by atoms with Gasteiger partial charge in [0.15, 0.2) is 5.82 Å². The van der Waals surface area contributed by atoms with Crippen LogP contribution < -0.4 is 5.32 Å². The van der Waals surface area contributed by atoms with Crippen molar-refractivity contribution in [3.8, 4) is 0 Å². The first-order valence-electron chi connectivity index (χ1n) is 6.12. The molecule has 6 heteroatoms. The maximum absolute atomic E-state index is 4.11. The average Bonchev–Trinajstić information content (AvgIpc) is 2.99. The summed E-state index contributed by atoms with van der Waals surface area (Å²) in [5.41, 5.74) is 1.22. The fraction of sp³-hybridized carbons (Fsp3) is 0.231. The molecule has 0 fully saturated rings. The number of nitrogens with zero attached hydrogens (tertiary/aromatic N) is 4. The molecule has 0 aliphatic rings. The lowest BCUT2D eigenvalue weighted by atomic mass is 10.1. The van der Waals surface area contributed by atoms with Crippen molar-refractivity contribution in [3.05, 3.63) is 48.0 Å². The number of rotatable bonds is 4. The third-order valence-electron chi connectivity index (χ3n) is 3.07. The number of hydrogen-bond donors (Lipinski definition) is 2. The molecular formula is C13H14N6. The van der Waals surface area contributed by atoms with Crippen molar-refractivity contribution in [1.82, 2.24) is 30.9 Å². The highest BCUT2D eigenvalue weighted by atomic mass is 15.5. The highest BCUT2D eigenvalue weighted by Crippen LogP contribution is 2.15. The van der Waals surface area contributed by atoms with E-state index in [2.05, 4.69) is 49.1 Å². The van der Waals surface area contributed by atoms with Crippen LogP contribution in [0.5, 0.6) is 0 Å². The van der Waals surface area contributed by atoms with Crippen LogP contribution in [0.3, 0.4) is 0 Å². The molecule has 0 bridgehead atoms. The summed E-state index contributed by atoms with van der Waals surface area (Å²) in [5, 5.41) is 19.6. The van der Waals surface area contributed by atoms with Gasteiger partial charge in [0, 0.05) is 24.3 Å². The Kier molecular flexibility index (Phi) is 3.16. The predicted octanol–water partition coefficient (Wildman–Crippen LogP) is 1.60. The minimum Gasteiger partial charge on any atom is -0.303 e. The molecule has 3 rings (SSSR count). The van der Waals surface area contributed by atoms with Crippen molar-refractivity contribution < 1.29 is 0 Å². The average molecular weight is 254 g/mol. The fourth-order valence-electron chi connectivity index (χ4n) is 1.96. The largest absolute Gasteiger partial charge is 0.303 e. The lowest BCUT2D eigenvalue weighted by molar-refractivity contribution is 0.547. The second-order valence-electron chi connectivity index (χ2n) is 4.43. The van der Waals surface area contributed by atoms with E-state index >= 15 is 0 Å². The van der Waals surface area contributed by atoms with Crippen molar-refractivity contribution in [1.29, 1.82) is 0 Å². The smallest absolute Gasteiger partial charge is 0.191 e. The van der Waals surface area contributed by atoms with Crippen LogP contribution in [0.15, 0.2) is 36.7 Å². The number of benzene rings is 1. The zero-order valence-corrected chi connectivity index (χ0v) is 10.5. The number of pyridine rings is 1. The van der Waals surface area contributed by atoms with Crippen LogP contribution in [0.2, 0.25) is 0 Å². The van der Waals surface area contributed by atoms with Gasteiger partial charge >= 0.3 is 0 Å². The normalized spacial score (nSPS) is 12.7. The van der Waals surface area contributed by atoms with Gasteiger partial charge in [0.25, 0.3) is 0 Å². The molecule has 2 aromatic heterocycles. The Morgan fingerprint density at radius 1 is 1.26 bits per heavy atom. The highest BCUT2D eigenvalue weighted by molar-refractivity contribution is 5.81. The molecule has 0 amide bonds. The maximum Gasteiger partial charge on any atom is 0.191 e. The van der Waals surface area contributed by atoms with Crippen molar-refractivity contribution in [2.24, 2.45) is 0 Å². The molecule has 0 saturated carbocycles. The Bertz CT molecular complexity index is 664. The van der Waals surface area contributed by atoms with Gasteiger partial charge in [0.2, 0.25) is 0 Å². The summed E-state index contributed by atoms with van der Waals surface area (Å²) in [6, 6.07) is 8.42. The Morgan fingerprint density at radius 2 is 2.21 bits per heavy atom. The van der Waals surface area contributed by atoms with Gasteiger partial charge in [-0.3, -0.25) is 4.98 Å². The van der Waals surface area contributed by atoms with Gasteiger partial charge in [-0.2, -0.15) is 5.21 Å². The maximum atomic E-state index is 4.11. The molecule has 96 valence electrons. The van der Waals surface area contributed by atoms with Gasteiger partial charge < -0.3 is 5.32 Å². The number of aromatic amines is 1. The second-order valence-corrected chi connectivity index (χ2v) is 4.43. The molecule has 2 heterocycles. The van der Waals surface area contributed by atoms with Crippen molar-refractivity contribution >= 4 is 10.8 Å². The fourth-order valence-corrected chi connectivity index (χ4v) is 1.96. The van der Waals surface area contributed by atoms with E-state index in [1.807, 2.05) is 25.4 Å². The monoisotopic (exact) mass is 254 g/mol. The quantitative estimate of drug-likeness (QED) is 0.739. The number of nitrogens with one attached hydrogen (secondary N) is 2. The van der Waals surface area contributed by atoms with Crippen LogP contribution in [0.25, 0.3) is 10.8 Å². The number of tetrazole rings is 1. The molecule has 0 saturated heterocycles. The Hall–Kier alpha value is -2.34. The molecule has 2 N–H and O–H groups in total. The first kappa shape index (κ1) is 11.7. The van der Waals surface area contributed by atoms with E-state index in [1.165, 1.54) is 10.9 Å². The molecule has 0 spiro atoms. The second kappa shape index (κ2) is 5.11. The standard InChI is InChI=1S/C13H14N6/c1-9(13-16-18-19-17-13)15-7-10-2-3-12-8-14-5-4-11(12)6-10/h2-6,8-9,15H,7H2,1H3,(H,16,17,18,19). The summed E-state index contributed by atoms with van der Waals surface area (Å²) in [4.78, 5) is 4.11. The van der Waals surface area contributed by atoms with E-state index in [0.29, 0.717) is 5.82 Å². The van der Waals surface area contributed by atoms with E-state index < -0.39 is 0 Å². The molecule has 0 aliphatic carbocycles. The van der Waals surface area contributed by atoms with E-state index in [4.69, 9.17) is 0 Å². The van der Waals surface area contributed by atoms with Gasteiger partial charge in [0.1, 0.15) is 0 Å². The minimum absolute atomic E-state index is 0.0619. The summed E-state index contributed by atoms with van der Waals surface area (Å²) < 4.78 is 0. The Morgan fingerprint density at radius 3 is 3.05 bits per heavy atom. The van der Waals surface area contributed by atoms with Crippen LogP contribution in [-0.4, -0.2) is 25.6 Å². The van der Waals surface area contributed by atoms with E-state index in [9.17, 15) is 0 Å². The third-order valence-corrected chi connectivity index (χ3v) is 3.07. The molecule has 1 unspecified atom stereocenters. The van der Waals surface area contributed by atoms with Crippen molar-refractivity contribution in [2.75, 3.05) is 0 Å². The zero-order chi connectivity index (χ0) is 13.1. The molecule has 6 nitrogen and oxygen atoms in total. The third kappa shape index (κ3) is 2.58. The summed E-state index contributed by atoms with van der Waals surface area (Å²) in [7, 11) is 0. The van der Waals surface area contributed by atoms with Crippen LogP contribution in [-0.2, 0) is 6.54 Å². The predicted molar refractivity (Wildman–Crippen MR) is 71.2 cm³/mol. The summed E-state index contributed by atoms with van der Waals surface area (Å²) in [6.45, 7) is 2.77. The van der Waals surface area contributed by atoms with E-state index in [0.717, 1.165) is 11.9 Å². The highest BCUT2D eigenvalue weighted by Gasteiger charge is 2.09. The number of aromatic nitrogens is 5. The van der Waals surface area contributed by atoms with Gasteiger partial charge in [-0.05, 0) is 30.0 Å². The minimum atomic E-state index is 0.0619. The molecule has 3 aromatic rings. The Balaban J connectivity index is 1.71. The van der Waals surface area contributed by atoms with Gasteiger partial charge in [-0.1, -0.05) is 17.3 Å². The molecule has 1 atom stereocenters. The molecule has 1 aromatic carbocycles. The van der Waals surface area contributed by atoms with Crippen molar-refractivity contribution in [2.45, 2.75) is 19.5 Å². The zero-order valence-electron chi connectivity index (χ0n) is 10.5. The lowest BCUT2D eigenvalue weighted by Crippen LogP contribution is -2.19. The summed E-state index contributed by atoms with van der Waals surface area (Å²) >= 11 is 0. The topological polar surface area (TPSA) is 79.4 Å². The Labute approximate surface area is 110 Å². The van der Waals surface area contributed by atoms with Crippen LogP contribution in [0, 0.1) is 0 Å². The summed E-state index contributed by atoms with van der Waals surface area (Å²) in [5.74, 6) is 0.671. The van der Waals surface area contributed by atoms with Gasteiger partial charge in [0.05, 0.1) is 6.04 Å². The molecule has 0 aliphatic heterocycles. The lowest BCUT2D eigenvalue weighted by Gasteiger charge is -2.10. The van der Waals surface area contributed by atoms with E-state index in [1.54, 1.807) is 0 Å². The SMILES string of the molecule is CC(NCc1ccc2cnccc2c1)c1nn[nH]n1. The first-order chi connectivity index (χ1) is 9.33. The van der Waals surface area contributed by atoms with Crippen LogP contribution in [0.1, 0.15) is 24.4 Å². The van der Waals surface area contributed by atoms with Crippen LogP contribution >= 0.6 is 0 Å². The molecule has 0 radical (unpaired) electrons.